The van der Waals surface area contributed by atoms with Gasteiger partial charge in [0, 0.05) is 42.7 Å². The normalized spacial score (nSPS) is 12.8. The first kappa shape index (κ1) is 22.4. The van der Waals surface area contributed by atoms with Crippen LogP contribution in [-0.4, -0.2) is 31.1 Å². The molecule has 2 rings (SSSR count). The van der Waals surface area contributed by atoms with Crippen molar-refractivity contribution in [1.29, 1.82) is 0 Å². The van der Waals surface area contributed by atoms with Crippen LogP contribution >= 0.6 is 46.7 Å². The molecule has 1 unspecified atom stereocenters. The summed E-state index contributed by atoms with van der Waals surface area (Å²) in [6, 6.07) is 4.32. The summed E-state index contributed by atoms with van der Waals surface area (Å²) in [5, 5.41) is 12.3. The number of thiazole rings is 1. The van der Waals surface area contributed by atoms with Crippen LogP contribution in [0.15, 0.2) is 27.9 Å². The Hall–Kier alpha value is -0.670. The molecule has 0 saturated carbocycles. The zero-order valence-electron chi connectivity index (χ0n) is 15.4. The third-order valence-corrected chi connectivity index (χ3v) is 5.80. The highest BCUT2D eigenvalue weighted by Gasteiger charge is 2.08. The number of rotatable bonds is 8. The average molecular weight is 492 g/mol. The third-order valence-electron chi connectivity index (χ3n) is 3.71. The largest absolute Gasteiger partial charge is 0.356 e. The molecule has 0 aliphatic heterocycles. The summed E-state index contributed by atoms with van der Waals surface area (Å²) in [5.41, 5.74) is 1.16. The highest BCUT2D eigenvalue weighted by Crippen LogP contribution is 2.19. The Kier molecular flexibility index (Phi) is 10.6. The van der Waals surface area contributed by atoms with Gasteiger partial charge in [-0.25, -0.2) is 4.98 Å². The van der Waals surface area contributed by atoms with Gasteiger partial charge < -0.3 is 10.6 Å². The van der Waals surface area contributed by atoms with Gasteiger partial charge in [0.1, 0.15) is 0 Å². The summed E-state index contributed by atoms with van der Waals surface area (Å²) in [6.07, 6.45) is 2.03. The van der Waals surface area contributed by atoms with E-state index in [1.807, 2.05) is 18.4 Å². The van der Waals surface area contributed by atoms with E-state index in [0.29, 0.717) is 11.8 Å². The van der Waals surface area contributed by atoms with Crippen LogP contribution in [0.4, 0.5) is 0 Å². The quantitative estimate of drug-likeness (QED) is 0.324. The molecule has 0 amide bonds. The van der Waals surface area contributed by atoms with Crippen LogP contribution in [0.25, 0.3) is 0 Å². The zero-order chi connectivity index (χ0) is 17.4. The van der Waals surface area contributed by atoms with Crippen molar-refractivity contribution in [1.82, 2.24) is 15.6 Å². The number of hydrogen-bond donors (Lipinski definition) is 2. The van der Waals surface area contributed by atoms with Crippen molar-refractivity contribution < 1.29 is 0 Å². The zero-order valence-corrected chi connectivity index (χ0v) is 19.4. The molecule has 0 saturated heterocycles. The van der Waals surface area contributed by atoms with E-state index in [1.54, 1.807) is 11.3 Å². The maximum absolute atomic E-state index is 4.67. The van der Waals surface area contributed by atoms with Gasteiger partial charge in [-0.1, -0.05) is 26.8 Å². The first-order valence-corrected chi connectivity index (χ1v) is 10.3. The van der Waals surface area contributed by atoms with Gasteiger partial charge in [-0.3, -0.25) is 4.99 Å². The Balaban J connectivity index is 0.00000312. The van der Waals surface area contributed by atoms with E-state index in [-0.39, 0.29) is 24.0 Å². The first-order valence-electron chi connectivity index (χ1n) is 8.49. The van der Waals surface area contributed by atoms with Gasteiger partial charge in [-0.05, 0) is 23.8 Å². The predicted molar refractivity (Wildman–Crippen MR) is 122 cm³/mol. The number of guanidine groups is 1. The molecule has 4 nitrogen and oxygen atoms in total. The van der Waals surface area contributed by atoms with Crippen LogP contribution in [-0.2, 0) is 12.8 Å². The fourth-order valence-electron chi connectivity index (χ4n) is 2.35. The number of hydrogen-bond acceptors (Lipinski definition) is 4. The Morgan fingerprint density at radius 3 is 2.64 bits per heavy atom. The van der Waals surface area contributed by atoms with Crippen molar-refractivity contribution >= 4 is 52.6 Å². The second kappa shape index (κ2) is 11.9. The lowest BCUT2D eigenvalue weighted by Gasteiger charge is -2.15. The molecule has 0 spiro atoms. The van der Waals surface area contributed by atoms with E-state index in [0.717, 1.165) is 37.6 Å². The van der Waals surface area contributed by atoms with Crippen molar-refractivity contribution in [3.63, 3.8) is 0 Å². The SMILES string of the molecule is CN=C(NCCc1csc(C(C)C)n1)NCC(C)Cc1cccs1.I. The van der Waals surface area contributed by atoms with Crippen LogP contribution in [0.3, 0.4) is 0 Å². The minimum Gasteiger partial charge on any atom is -0.356 e. The first-order chi connectivity index (χ1) is 11.6. The van der Waals surface area contributed by atoms with Gasteiger partial charge in [0.2, 0.25) is 0 Å². The second-order valence-electron chi connectivity index (χ2n) is 6.35. The van der Waals surface area contributed by atoms with Gasteiger partial charge in [-0.2, -0.15) is 0 Å². The molecule has 2 heterocycles. The highest BCUT2D eigenvalue weighted by molar-refractivity contribution is 14.0. The van der Waals surface area contributed by atoms with Gasteiger partial charge in [-0.15, -0.1) is 46.7 Å². The third kappa shape index (κ3) is 8.04. The molecule has 2 N–H and O–H groups in total. The molecule has 0 radical (unpaired) electrons. The van der Waals surface area contributed by atoms with Gasteiger partial charge in [0.25, 0.3) is 0 Å². The molecule has 7 heteroatoms. The lowest BCUT2D eigenvalue weighted by molar-refractivity contribution is 0.562. The van der Waals surface area contributed by atoms with E-state index in [9.17, 15) is 0 Å². The Labute approximate surface area is 176 Å². The molecule has 0 aliphatic carbocycles. The molecule has 0 bridgehead atoms. The molecule has 0 aromatic carbocycles. The van der Waals surface area contributed by atoms with Crippen molar-refractivity contribution in [2.75, 3.05) is 20.1 Å². The van der Waals surface area contributed by atoms with Gasteiger partial charge in [0.05, 0.1) is 10.7 Å². The Morgan fingerprint density at radius 2 is 2.04 bits per heavy atom. The van der Waals surface area contributed by atoms with Crippen molar-refractivity contribution in [3.8, 4) is 0 Å². The molecule has 0 fully saturated rings. The number of aromatic nitrogens is 1. The van der Waals surface area contributed by atoms with E-state index in [2.05, 4.69) is 64.3 Å². The van der Waals surface area contributed by atoms with Crippen LogP contribution in [0.2, 0.25) is 0 Å². The standard InChI is InChI=1S/C18H28N4S2.HI/c1-13(2)17-22-15(12-24-17)7-8-20-18(19-4)21-11-14(3)10-16-6-5-9-23-16;/h5-6,9,12-14H,7-8,10-11H2,1-4H3,(H2,19,20,21);1H. The van der Waals surface area contributed by atoms with Crippen molar-refractivity contribution in [2.24, 2.45) is 10.9 Å². The molecule has 140 valence electrons. The van der Waals surface area contributed by atoms with Crippen molar-refractivity contribution in [2.45, 2.75) is 39.5 Å². The number of nitrogens with one attached hydrogen (secondary N) is 2. The van der Waals surface area contributed by atoms with Crippen LogP contribution in [0.5, 0.6) is 0 Å². The molecule has 2 aromatic heterocycles. The summed E-state index contributed by atoms with van der Waals surface area (Å²) in [7, 11) is 1.82. The number of aliphatic imine (C=N–C) groups is 1. The molecule has 2 aromatic rings. The maximum atomic E-state index is 4.67. The summed E-state index contributed by atoms with van der Waals surface area (Å²) in [5.74, 6) is 1.96. The molecule has 25 heavy (non-hydrogen) atoms. The smallest absolute Gasteiger partial charge is 0.190 e. The minimum absolute atomic E-state index is 0. The Bertz CT molecular complexity index is 623. The van der Waals surface area contributed by atoms with E-state index < -0.39 is 0 Å². The van der Waals surface area contributed by atoms with Gasteiger partial charge in [0.15, 0.2) is 5.96 Å². The molecular weight excluding hydrogens is 463 g/mol. The summed E-state index contributed by atoms with van der Waals surface area (Å²) < 4.78 is 0. The molecule has 1 atom stereocenters. The number of nitrogens with zero attached hydrogens (tertiary/aromatic N) is 2. The van der Waals surface area contributed by atoms with Gasteiger partial charge >= 0.3 is 0 Å². The molecular formula is C18H29IN4S2. The number of halogens is 1. The summed E-state index contributed by atoms with van der Waals surface area (Å²) in [4.78, 5) is 10.4. The van der Waals surface area contributed by atoms with Crippen LogP contribution in [0, 0.1) is 5.92 Å². The average Bonchev–Trinajstić information content (AvgIpc) is 3.22. The topological polar surface area (TPSA) is 49.3 Å². The van der Waals surface area contributed by atoms with E-state index >= 15 is 0 Å². The number of thiophene rings is 1. The van der Waals surface area contributed by atoms with E-state index in [4.69, 9.17) is 0 Å². The molecule has 0 aliphatic rings. The minimum atomic E-state index is 0. The van der Waals surface area contributed by atoms with E-state index in [1.165, 1.54) is 9.88 Å². The summed E-state index contributed by atoms with van der Waals surface area (Å²) in [6.45, 7) is 8.41. The predicted octanol–water partition coefficient (Wildman–Crippen LogP) is 4.53. The lowest BCUT2D eigenvalue weighted by atomic mass is 10.1. The van der Waals surface area contributed by atoms with Crippen LogP contribution in [0.1, 0.15) is 42.3 Å². The fraction of sp³-hybridized carbons (Fsp3) is 0.556. The van der Waals surface area contributed by atoms with Crippen LogP contribution < -0.4 is 10.6 Å². The fourth-order valence-corrected chi connectivity index (χ4v) is 4.09. The highest BCUT2D eigenvalue weighted by atomic mass is 127. The monoisotopic (exact) mass is 492 g/mol. The lowest BCUT2D eigenvalue weighted by Crippen LogP contribution is -2.40. The Morgan fingerprint density at radius 1 is 1.24 bits per heavy atom. The van der Waals surface area contributed by atoms with Crippen molar-refractivity contribution in [3.05, 3.63) is 38.5 Å². The summed E-state index contributed by atoms with van der Waals surface area (Å²) >= 11 is 3.58. The maximum Gasteiger partial charge on any atom is 0.190 e. The second-order valence-corrected chi connectivity index (χ2v) is 8.27.